The molecule has 0 atom stereocenters. The number of Topliss-reactive ketones (excluding diaryl/α,β-unsaturated/α-hetero) is 1. The molecule has 2 nitrogen and oxygen atoms in total. The molecule has 0 radical (unpaired) electrons. The number of carbonyl (C=O) groups is 1. The van der Waals surface area contributed by atoms with Crippen LogP contribution in [-0.2, 0) is 0 Å². The van der Waals surface area contributed by atoms with Gasteiger partial charge in [-0.25, -0.2) is 0 Å². The molecule has 80 valence electrons. The fourth-order valence-corrected chi connectivity index (χ4v) is 1.77. The van der Waals surface area contributed by atoms with Crippen LogP contribution in [0.2, 0.25) is 0 Å². The molecule has 0 heterocycles. The van der Waals surface area contributed by atoms with E-state index < -0.39 is 0 Å². The highest BCUT2D eigenvalue weighted by molar-refractivity contribution is 6.11. The van der Waals surface area contributed by atoms with E-state index in [4.69, 9.17) is 5.26 Å². The molecule has 0 spiro atoms. The molecule has 0 amide bonds. The average molecular weight is 211 g/mol. The van der Waals surface area contributed by atoms with Crippen LogP contribution < -0.4 is 0 Å². The number of carbonyl (C=O) groups excluding carboxylic acids is 1. The zero-order valence-electron chi connectivity index (χ0n) is 9.23. The van der Waals surface area contributed by atoms with Gasteiger partial charge in [0.05, 0.1) is 5.57 Å². The topological polar surface area (TPSA) is 40.9 Å². The molecule has 0 aromatic heterocycles. The van der Waals surface area contributed by atoms with Gasteiger partial charge in [0.2, 0.25) is 5.78 Å². The number of benzene rings is 1. The van der Waals surface area contributed by atoms with Crippen molar-refractivity contribution in [1.29, 1.82) is 5.26 Å². The van der Waals surface area contributed by atoms with Gasteiger partial charge in [0.25, 0.3) is 0 Å². The molecule has 0 bridgehead atoms. The van der Waals surface area contributed by atoms with E-state index in [9.17, 15) is 4.79 Å². The lowest BCUT2D eigenvalue weighted by Crippen LogP contribution is -2.04. The molecule has 0 aliphatic heterocycles. The van der Waals surface area contributed by atoms with Gasteiger partial charge in [-0.1, -0.05) is 30.3 Å². The zero-order chi connectivity index (χ0) is 11.5. The van der Waals surface area contributed by atoms with Crippen LogP contribution >= 0.6 is 0 Å². The number of allylic oxidation sites excluding steroid dienone is 2. The minimum Gasteiger partial charge on any atom is -0.288 e. The van der Waals surface area contributed by atoms with Crippen LogP contribution in [0.15, 0.2) is 41.5 Å². The van der Waals surface area contributed by atoms with E-state index in [-0.39, 0.29) is 5.78 Å². The second kappa shape index (κ2) is 4.32. The van der Waals surface area contributed by atoms with Crippen LogP contribution in [-0.4, -0.2) is 5.78 Å². The summed E-state index contributed by atoms with van der Waals surface area (Å²) in [5.41, 5.74) is 1.88. The molecule has 0 N–H and O–H groups in total. The van der Waals surface area contributed by atoms with Gasteiger partial charge in [-0.15, -0.1) is 0 Å². The second-order valence-corrected chi connectivity index (χ2v) is 4.14. The van der Waals surface area contributed by atoms with Crippen LogP contribution in [0, 0.1) is 17.2 Å². The first-order valence-corrected chi connectivity index (χ1v) is 5.44. The predicted molar refractivity (Wildman–Crippen MR) is 61.8 cm³/mol. The van der Waals surface area contributed by atoms with Gasteiger partial charge in [-0.2, -0.15) is 5.26 Å². The van der Waals surface area contributed by atoms with Gasteiger partial charge >= 0.3 is 0 Å². The fraction of sp³-hybridized carbons (Fsp3) is 0.286. The van der Waals surface area contributed by atoms with Crippen molar-refractivity contribution in [3.8, 4) is 6.07 Å². The summed E-state index contributed by atoms with van der Waals surface area (Å²) in [4.78, 5) is 12.1. The Balaban J connectivity index is 2.34. The number of rotatable bonds is 3. The summed E-state index contributed by atoms with van der Waals surface area (Å²) in [6.45, 7) is 1.90. The lowest BCUT2D eigenvalue weighted by atomic mass is 9.98. The molecule has 1 aromatic rings. The molecule has 1 saturated carbocycles. The van der Waals surface area contributed by atoms with Crippen molar-refractivity contribution in [2.45, 2.75) is 19.8 Å². The second-order valence-electron chi connectivity index (χ2n) is 4.14. The Hall–Kier alpha value is -1.88. The smallest absolute Gasteiger partial charge is 0.203 e. The number of nitrogens with zero attached hydrogens (tertiary/aromatic N) is 1. The van der Waals surface area contributed by atoms with Gasteiger partial charge in [0, 0.05) is 5.56 Å². The Morgan fingerprint density at radius 3 is 2.44 bits per heavy atom. The molecule has 1 aromatic carbocycles. The predicted octanol–water partition coefficient (Wildman–Crippen LogP) is 3.12. The quantitative estimate of drug-likeness (QED) is 0.438. The van der Waals surface area contributed by atoms with Gasteiger partial charge in [0.15, 0.2) is 0 Å². The molecule has 1 fully saturated rings. The number of hydrogen-bond donors (Lipinski definition) is 0. The van der Waals surface area contributed by atoms with Crippen LogP contribution in [0.3, 0.4) is 0 Å². The molecular formula is C14H13NO. The standard InChI is InChI=1S/C14H13NO/c1-10(11-7-8-11)13(9-15)14(16)12-5-3-2-4-6-12/h2-6,11H,7-8H2,1H3/b13-10+. The summed E-state index contributed by atoms with van der Waals surface area (Å²) in [6.07, 6.45) is 2.22. The van der Waals surface area contributed by atoms with E-state index in [2.05, 4.69) is 6.07 Å². The maximum Gasteiger partial charge on any atom is 0.203 e. The van der Waals surface area contributed by atoms with E-state index in [0.717, 1.165) is 18.4 Å². The Morgan fingerprint density at radius 2 is 1.94 bits per heavy atom. The largest absolute Gasteiger partial charge is 0.288 e. The van der Waals surface area contributed by atoms with E-state index >= 15 is 0 Å². The summed E-state index contributed by atoms with van der Waals surface area (Å²) in [5, 5.41) is 9.08. The Labute approximate surface area is 95.2 Å². The van der Waals surface area contributed by atoms with Crippen LogP contribution in [0.5, 0.6) is 0 Å². The SMILES string of the molecule is C/C(=C(/C#N)C(=O)c1ccccc1)C1CC1. The lowest BCUT2D eigenvalue weighted by molar-refractivity contribution is 0.103. The van der Waals surface area contributed by atoms with Crippen molar-refractivity contribution in [1.82, 2.24) is 0 Å². The van der Waals surface area contributed by atoms with Gasteiger partial charge < -0.3 is 0 Å². The van der Waals surface area contributed by atoms with Gasteiger partial charge in [-0.3, -0.25) is 4.79 Å². The molecular weight excluding hydrogens is 198 g/mol. The van der Waals surface area contributed by atoms with E-state index in [1.807, 2.05) is 25.1 Å². The average Bonchev–Trinajstić information content (AvgIpc) is 3.14. The van der Waals surface area contributed by atoms with Crippen molar-refractivity contribution in [2.75, 3.05) is 0 Å². The number of nitriles is 1. The van der Waals surface area contributed by atoms with E-state index in [1.165, 1.54) is 0 Å². The van der Waals surface area contributed by atoms with Crippen LogP contribution in [0.1, 0.15) is 30.1 Å². The lowest BCUT2D eigenvalue weighted by Gasteiger charge is -2.03. The minimum absolute atomic E-state index is 0.146. The molecule has 2 rings (SSSR count). The molecule has 16 heavy (non-hydrogen) atoms. The molecule has 0 saturated heterocycles. The monoisotopic (exact) mass is 211 g/mol. The van der Waals surface area contributed by atoms with Crippen LogP contribution in [0.25, 0.3) is 0 Å². The third kappa shape index (κ3) is 2.04. The van der Waals surface area contributed by atoms with Crippen LogP contribution in [0.4, 0.5) is 0 Å². The summed E-state index contributed by atoms with van der Waals surface area (Å²) >= 11 is 0. The molecule has 1 aliphatic carbocycles. The normalized spacial score (nSPS) is 16.2. The van der Waals surface area contributed by atoms with Crippen molar-refractivity contribution in [3.63, 3.8) is 0 Å². The highest BCUT2D eigenvalue weighted by Gasteiger charge is 2.28. The fourth-order valence-electron chi connectivity index (χ4n) is 1.77. The van der Waals surface area contributed by atoms with Crippen molar-refractivity contribution < 1.29 is 4.79 Å². The summed E-state index contributed by atoms with van der Waals surface area (Å²) in [6, 6.07) is 11.0. The van der Waals surface area contributed by atoms with E-state index in [1.54, 1.807) is 12.1 Å². The van der Waals surface area contributed by atoms with Gasteiger partial charge in [-0.05, 0) is 31.3 Å². The first-order chi connectivity index (χ1) is 7.74. The Bertz CT molecular complexity index is 475. The van der Waals surface area contributed by atoms with Gasteiger partial charge in [0.1, 0.15) is 6.07 Å². The molecule has 1 aliphatic rings. The van der Waals surface area contributed by atoms with Crippen molar-refractivity contribution >= 4 is 5.78 Å². The molecule has 2 heteroatoms. The maximum absolute atomic E-state index is 12.1. The first-order valence-electron chi connectivity index (χ1n) is 5.44. The highest BCUT2D eigenvalue weighted by Crippen LogP contribution is 2.38. The number of hydrogen-bond acceptors (Lipinski definition) is 2. The number of ketones is 1. The first kappa shape index (κ1) is 10.6. The maximum atomic E-state index is 12.1. The highest BCUT2D eigenvalue weighted by atomic mass is 16.1. The third-order valence-electron chi connectivity index (χ3n) is 2.96. The Morgan fingerprint density at radius 1 is 1.31 bits per heavy atom. The Kier molecular flexibility index (Phi) is 2.87. The summed E-state index contributed by atoms with van der Waals surface area (Å²) < 4.78 is 0. The summed E-state index contributed by atoms with van der Waals surface area (Å²) in [7, 11) is 0. The third-order valence-corrected chi connectivity index (χ3v) is 2.96. The van der Waals surface area contributed by atoms with Crippen molar-refractivity contribution in [2.24, 2.45) is 5.92 Å². The molecule has 0 unspecified atom stereocenters. The zero-order valence-corrected chi connectivity index (χ0v) is 9.23. The summed E-state index contributed by atoms with van der Waals surface area (Å²) in [5.74, 6) is 0.315. The van der Waals surface area contributed by atoms with Crippen molar-refractivity contribution in [3.05, 3.63) is 47.0 Å². The van der Waals surface area contributed by atoms with E-state index in [0.29, 0.717) is 17.1 Å². The minimum atomic E-state index is -0.146.